The summed E-state index contributed by atoms with van der Waals surface area (Å²) in [5.41, 5.74) is 2.63. The summed E-state index contributed by atoms with van der Waals surface area (Å²) in [5.74, 6) is 1.48. The van der Waals surface area contributed by atoms with Gasteiger partial charge in [-0.2, -0.15) is 9.61 Å². The Hall–Kier alpha value is -2.77. The Balaban J connectivity index is 1.45. The van der Waals surface area contributed by atoms with Crippen molar-refractivity contribution in [3.63, 3.8) is 0 Å². The van der Waals surface area contributed by atoms with Crippen LogP contribution in [0.5, 0.6) is 0 Å². The van der Waals surface area contributed by atoms with Gasteiger partial charge in [-0.15, -0.1) is 15.3 Å². The molecule has 3 aromatic heterocycles. The van der Waals surface area contributed by atoms with Crippen molar-refractivity contribution in [3.8, 4) is 5.82 Å². The van der Waals surface area contributed by atoms with Gasteiger partial charge in [0.1, 0.15) is 0 Å². The third kappa shape index (κ3) is 4.05. The minimum absolute atomic E-state index is 0.0818. The molecule has 3 heterocycles. The van der Waals surface area contributed by atoms with Crippen molar-refractivity contribution in [2.45, 2.75) is 71.3 Å². The number of aryl methyl sites for hydroxylation is 3. The van der Waals surface area contributed by atoms with Crippen LogP contribution < -0.4 is 5.32 Å². The van der Waals surface area contributed by atoms with Gasteiger partial charge in [0.25, 0.3) is 0 Å². The third-order valence-corrected chi connectivity index (χ3v) is 5.34. The van der Waals surface area contributed by atoms with Gasteiger partial charge in [0.05, 0.1) is 5.69 Å². The normalized spacial score (nSPS) is 15.6. The summed E-state index contributed by atoms with van der Waals surface area (Å²) in [4.78, 5) is 12.4. The van der Waals surface area contributed by atoms with Gasteiger partial charge in [0.2, 0.25) is 5.91 Å². The minimum atomic E-state index is 0.0818. The quantitative estimate of drug-likeness (QED) is 0.686. The highest BCUT2D eigenvalue weighted by atomic mass is 16.1. The van der Waals surface area contributed by atoms with E-state index in [1.54, 1.807) is 9.20 Å². The fourth-order valence-corrected chi connectivity index (χ4v) is 3.90. The molecule has 0 unspecified atom stereocenters. The molecule has 0 aliphatic heterocycles. The van der Waals surface area contributed by atoms with E-state index in [2.05, 4.69) is 25.7 Å². The van der Waals surface area contributed by atoms with Gasteiger partial charge in [-0.3, -0.25) is 4.79 Å². The number of amides is 1. The maximum atomic E-state index is 12.4. The average molecular weight is 381 g/mol. The molecule has 1 aliphatic carbocycles. The molecule has 8 nitrogen and oxygen atoms in total. The van der Waals surface area contributed by atoms with Crippen LogP contribution in [-0.4, -0.2) is 41.5 Å². The molecular formula is C20H27N7O. The number of aromatic nitrogens is 6. The SMILES string of the molecule is Cc1cc(C)n(-c2ccc3nnc(CCC(=O)NC4CCCCCC4)n3n2)n1. The molecule has 0 spiro atoms. The molecule has 1 N–H and O–H groups in total. The van der Waals surface area contributed by atoms with Crippen LogP contribution >= 0.6 is 0 Å². The van der Waals surface area contributed by atoms with E-state index in [0.29, 0.717) is 36.2 Å². The second-order valence-electron chi connectivity index (χ2n) is 7.67. The van der Waals surface area contributed by atoms with Gasteiger partial charge in [0.15, 0.2) is 17.3 Å². The Labute approximate surface area is 164 Å². The fourth-order valence-electron chi connectivity index (χ4n) is 3.90. The highest BCUT2D eigenvalue weighted by Crippen LogP contribution is 2.17. The fraction of sp³-hybridized carbons (Fsp3) is 0.550. The highest BCUT2D eigenvalue weighted by Gasteiger charge is 2.16. The summed E-state index contributed by atoms with van der Waals surface area (Å²) in [6.07, 6.45) is 8.05. The number of carbonyl (C=O) groups is 1. The number of nitrogens with one attached hydrogen (secondary N) is 1. The van der Waals surface area contributed by atoms with E-state index in [1.807, 2.05) is 32.0 Å². The lowest BCUT2D eigenvalue weighted by atomic mass is 10.1. The molecule has 0 bridgehead atoms. The first-order valence-corrected chi connectivity index (χ1v) is 10.1. The summed E-state index contributed by atoms with van der Waals surface area (Å²) < 4.78 is 3.52. The molecule has 0 atom stereocenters. The molecule has 0 radical (unpaired) electrons. The van der Waals surface area contributed by atoms with Crippen LogP contribution in [0.2, 0.25) is 0 Å². The molecule has 28 heavy (non-hydrogen) atoms. The van der Waals surface area contributed by atoms with Gasteiger partial charge >= 0.3 is 0 Å². The topological polar surface area (TPSA) is 90.0 Å². The van der Waals surface area contributed by atoms with E-state index in [1.165, 1.54) is 25.7 Å². The first-order chi connectivity index (χ1) is 13.6. The van der Waals surface area contributed by atoms with E-state index in [-0.39, 0.29) is 5.91 Å². The zero-order chi connectivity index (χ0) is 19.5. The maximum absolute atomic E-state index is 12.4. The summed E-state index contributed by atoms with van der Waals surface area (Å²) in [5, 5.41) is 20.7. The zero-order valence-corrected chi connectivity index (χ0v) is 16.6. The molecule has 0 aromatic carbocycles. The molecule has 8 heteroatoms. The van der Waals surface area contributed by atoms with Crippen LogP contribution in [0.15, 0.2) is 18.2 Å². The van der Waals surface area contributed by atoms with Crippen molar-refractivity contribution in [1.29, 1.82) is 0 Å². The third-order valence-electron chi connectivity index (χ3n) is 5.34. The first-order valence-electron chi connectivity index (χ1n) is 10.1. The van der Waals surface area contributed by atoms with E-state index >= 15 is 0 Å². The molecule has 1 aliphatic rings. The molecule has 1 saturated carbocycles. The molecule has 0 saturated heterocycles. The molecular weight excluding hydrogens is 354 g/mol. The molecule has 4 rings (SSSR count). The van der Waals surface area contributed by atoms with Gasteiger partial charge in [-0.05, 0) is 44.9 Å². The Morgan fingerprint density at radius 3 is 2.61 bits per heavy atom. The minimum Gasteiger partial charge on any atom is -0.353 e. The number of rotatable bonds is 5. The number of hydrogen-bond donors (Lipinski definition) is 1. The van der Waals surface area contributed by atoms with Crippen LogP contribution in [0, 0.1) is 13.8 Å². The van der Waals surface area contributed by atoms with Gasteiger partial charge in [-0.1, -0.05) is 25.7 Å². The van der Waals surface area contributed by atoms with Gasteiger partial charge in [-0.25, -0.2) is 4.68 Å². The second kappa shape index (κ2) is 8.08. The van der Waals surface area contributed by atoms with Crippen molar-refractivity contribution in [3.05, 3.63) is 35.4 Å². The van der Waals surface area contributed by atoms with Crippen molar-refractivity contribution < 1.29 is 4.79 Å². The lowest BCUT2D eigenvalue weighted by Crippen LogP contribution is -2.34. The van der Waals surface area contributed by atoms with E-state index in [4.69, 9.17) is 0 Å². The summed E-state index contributed by atoms with van der Waals surface area (Å²) in [6.45, 7) is 3.95. The Bertz CT molecular complexity index is 966. The number of carbonyl (C=O) groups excluding carboxylic acids is 1. The van der Waals surface area contributed by atoms with Crippen molar-refractivity contribution in [1.82, 2.24) is 34.9 Å². The van der Waals surface area contributed by atoms with Gasteiger partial charge < -0.3 is 5.32 Å². The molecule has 148 valence electrons. The van der Waals surface area contributed by atoms with Crippen LogP contribution in [0.3, 0.4) is 0 Å². The zero-order valence-electron chi connectivity index (χ0n) is 16.6. The predicted molar refractivity (Wildman–Crippen MR) is 105 cm³/mol. The van der Waals surface area contributed by atoms with E-state index < -0.39 is 0 Å². The maximum Gasteiger partial charge on any atom is 0.220 e. The van der Waals surface area contributed by atoms with E-state index in [9.17, 15) is 4.79 Å². The van der Waals surface area contributed by atoms with E-state index in [0.717, 1.165) is 24.2 Å². The average Bonchev–Trinajstić information content (AvgIpc) is 3.12. The summed E-state index contributed by atoms with van der Waals surface area (Å²) in [7, 11) is 0. The number of hydrogen-bond acceptors (Lipinski definition) is 5. The molecule has 3 aromatic rings. The lowest BCUT2D eigenvalue weighted by molar-refractivity contribution is -0.121. The van der Waals surface area contributed by atoms with Crippen LogP contribution in [0.25, 0.3) is 11.5 Å². The second-order valence-corrected chi connectivity index (χ2v) is 7.67. The Kier molecular flexibility index (Phi) is 5.36. The van der Waals surface area contributed by atoms with Gasteiger partial charge in [0, 0.05) is 24.6 Å². The lowest BCUT2D eigenvalue weighted by Gasteiger charge is -2.15. The van der Waals surface area contributed by atoms with Crippen LogP contribution in [-0.2, 0) is 11.2 Å². The number of fused-ring (bicyclic) bond motifs is 1. The first kappa shape index (κ1) is 18.6. The predicted octanol–water partition coefficient (Wildman–Crippen LogP) is 2.70. The highest BCUT2D eigenvalue weighted by molar-refractivity contribution is 5.76. The smallest absolute Gasteiger partial charge is 0.220 e. The van der Waals surface area contributed by atoms with Crippen molar-refractivity contribution in [2.24, 2.45) is 0 Å². The monoisotopic (exact) mass is 381 g/mol. The molecule has 1 amide bonds. The van der Waals surface area contributed by atoms with Crippen molar-refractivity contribution >= 4 is 11.6 Å². The largest absolute Gasteiger partial charge is 0.353 e. The summed E-state index contributed by atoms with van der Waals surface area (Å²) in [6, 6.07) is 6.09. The Morgan fingerprint density at radius 1 is 1.11 bits per heavy atom. The Morgan fingerprint density at radius 2 is 1.89 bits per heavy atom. The standard InChI is InChI=1S/C20H27N7O/c1-14-13-15(2)26(24-14)19-10-9-17-22-23-18(27(17)25-19)11-12-20(28)21-16-7-5-3-4-6-8-16/h9-10,13,16H,3-8,11-12H2,1-2H3,(H,21,28). The van der Waals surface area contributed by atoms with Crippen LogP contribution in [0.1, 0.15) is 62.2 Å². The summed E-state index contributed by atoms with van der Waals surface area (Å²) >= 11 is 0. The van der Waals surface area contributed by atoms with Crippen LogP contribution in [0.4, 0.5) is 0 Å². The van der Waals surface area contributed by atoms with Crippen molar-refractivity contribution in [2.75, 3.05) is 0 Å². The number of nitrogens with zero attached hydrogens (tertiary/aromatic N) is 6. The molecule has 1 fully saturated rings.